The number of halogens is 2. The molecular weight excluding hydrogens is 360 g/mol. The smallest absolute Gasteiger partial charge is 0.231 e. The van der Waals surface area contributed by atoms with Gasteiger partial charge in [0.2, 0.25) is 11.8 Å². The van der Waals surface area contributed by atoms with Crippen LogP contribution >= 0.6 is 11.3 Å². The molecule has 0 saturated carbocycles. The molecule has 2 aromatic rings. The van der Waals surface area contributed by atoms with Crippen LogP contribution in [0.1, 0.15) is 26.2 Å². The number of amides is 2. The van der Waals surface area contributed by atoms with Gasteiger partial charge in [-0.3, -0.25) is 9.59 Å². The highest BCUT2D eigenvalue weighted by Crippen LogP contribution is 2.27. The Morgan fingerprint density at radius 1 is 1.35 bits per heavy atom. The summed E-state index contributed by atoms with van der Waals surface area (Å²) in [5.41, 5.74) is 0.911. The van der Waals surface area contributed by atoms with Crippen molar-refractivity contribution in [2.75, 3.05) is 18.4 Å². The van der Waals surface area contributed by atoms with Gasteiger partial charge in [-0.05, 0) is 31.0 Å². The fourth-order valence-corrected chi connectivity index (χ4v) is 3.69. The predicted octanol–water partition coefficient (Wildman–Crippen LogP) is 3.68. The number of thiazole rings is 1. The average Bonchev–Trinajstić information content (AvgIpc) is 3.11. The van der Waals surface area contributed by atoms with Crippen LogP contribution in [0.15, 0.2) is 23.6 Å². The first-order valence-corrected chi connectivity index (χ1v) is 9.35. The molecule has 1 aromatic carbocycles. The van der Waals surface area contributed by atoms with Crippen molar-refractivity contribution in [1.82, 2.24) is 9.88 Å². The van der Waals surface area contributed by atoms with Crippen LogP contribution in [-0.2, 0) is 9.59 Å². The van der Waals surface area contributed by atoms with Crippen molar-refractivity contribution >= 4 is 28.3 Å². The number of benzene rings is 1. The summed E-state index contributed by atoms with van der Waals surface area (Å²) >= 11 is 1.22. The van der Waals surface area contributed by atoms with Gasteiger partial charge in [-0.15, -0.1) is 11.3 Å². The van der Waals surface area contributed by atoms with Gasteiger partial charge >= 0.3 is 0 Å². The molecule has 0 bridgehead atoms. The lowest BCUT2D eigenvalue weighted by atomic mass is 9.97. The maximum absolute atomic E-state index is 13.4. The van der Waals surface area contributed by atoms with Crippen molar-refractivity contribution in [3.63, 3.8) is 0 Å². The number of nitrogens with zero attached hydrogens (tertiary/aromatic N) is 2. The van der Waals surface area contributed by atoms with Crippen LogP contribution in [0.25, 0.3) is 11.3 Å². The summed E-state index contributed by atoms with van der Waals surface area (Å²) in [7, 11) is 0. The number of rotatable bonds is 4. The summed E-state index contributed by atoms with van der Waals surface area (Å²) in [6.45, 7) is 2.91. The highest BCUT2D eigenvalue weighted by atomic mass is 32.1. The van der Waals surface area contributed by atoms with E-state index in [-0.39, 0.29) is 17.7 Å². The number of aromatic nitrogens is 1. The SMILES string of the molecule is CCC(=O)N1CCCC(C(=O)Nc2nc(-c3ccc(F)c(F)c3)cs2)C1. The van der Waals surface area contributed by atoms with E-state index in [0.29, 0.717) is 35.9 Å². The molecule has 5 nitrogen and oxygen atoms in total. The number of anilines is 1. The van der Waals surface area contributed by atoms with Crippen LogP contribution in [0, 0.1) is 17.6 Å². The molecule has 26 heavy (non-hydrogen) atoms. The maximum Gasteiger partial charge on any atom is 0.231 e. The molecule has 1 fully saturated rings. The predicted molar refractivity (Wildman–Crippen MR) is 95.7 cm³/mol. The van der Waals surface area contributed by atoms with Crippen molar-refractivity contribution in [3.05, 3.63) is 35.2 Å². The Morgan fingerprint density at radius 2 is 2.15 bits per heavy atom. The molecule has 1 aliphatic rings. The number of carbonyl (C=O) groups is 2. The lowest BCUT2D eigenvalue weighted by Crippen LogP contribution is -2.43. The molecule has 1 aliphatic heterocycles. The van der Waals surface area contributed by atoms with E-state index >= 15 is 0 Å². The molecule has 0 spiro atoms. The van der Waals surface area contributed by atoms with E-state index in [9.17, 15) is 18.4 Å². The second-order valence-corrected chi connectivity index (χ2v) is 7.05. The van der Waals surface area contributed by atoms with E-state index in [1.165, 1.54) is 17.4 Å². The number of likely N-dealkylation sites (tertiary alicyclic amines) is 1. The number of hydrogen-bond acceptors (Lipinski definition) is 4. The van der Waals surface area contributed by atoms with E-state index in [4.69, 9.17) is 0 Å². The van der Waals surface area contributed by atoms with Crippen molar-refractivity contribution in [2.24, 2.45) is 5.92 Å². The van der Waals surface area contributed by atoms with E-state index in [0.717, 1.165) is 25.0 Å². The van der Waals surface area contributed by atoms with E-state index in [1.807, 2.05) is 0 Å². The minimum atomic E-state index is -0.941. The summed E-state index contributed by atoms with van der Waals surface area (Å²) in [6, 6.07) is 3.56. The standard InChI is InChI=1S/C18H19F2N3O2S/c1-2-16(24)23-7-3-4-12(9-23)17(25)22-18-21-15(10-26-18)11-5-6-13(19)14(20)8-11/h5-6,8,10,12H,2-4,7,9H2,1H3,(H,21,22,25). The lowest BCUT2D eigenvalue weighted by Gasteiger charge is -2.31. The minimum absolute atomic E-state index is 0.0531. The van der Waals surface area contributed by atoms with Crippen molar-refractivity contribution in [2.45, 2.75) is 26.2 Å². The van der Waals surface area contributed by atoms with E-state index < -0.39 is 11.6 Å². The molecule has 1 unspecified atom stereocenters. The van der Waals surface area contributed by atoms with Gasteiger partial charge in [-0.25, -0.2) is 13.8 Å². The topological polar surface area (TPSA) is 62.3 Å². The monoisotopic (exact) mass is 379 g/mol. The minimum Gasteiger partial charge on any atom is -0.342 e. The van der Waals surface area contributed by atoms with Gasteiger partial charge in [0.15, 0.2) is 16.8 Å². The maximum atomic E-state index is 13.4. The highest BCUT2D eigenvalue weighted by molar-refractivity contribution is 7.14. The fraction of sp³-hybridized carbons (Fsp3) is 0.389. The van der Waals surface area contributed by atoms with Crippen LogP contribution < -0.4 is 5.32 Å². The summed E-state index contributed by atoms with van der Waals surface area (Å²) < 4.78 is 26.4. The number of hydrogen-bond donors (Lipinski definition) is 1. The van der Waals surface area contributed by atoms with Gasteiger partial charge < -0.3 is 10.2 Å². The molecule has 2 heterocycles. The molecule has 1 atom stereocenters. The second-order valence-electron chi connectivity index (χ2n) is 6.19. The van der Waals surface area contributed by atoms with Gasteiger partial charge in [-0.1, -0.05) is 6.92 Å². The third-order valence-corrected chi connectivity index (χ3v) is 5.15. The number of nitrogens with one attached hydrogen (secondary N) is 1. The van der Waals surface area contributed by atoms with Crippen molar-refractivity contribution < 1.29 is 18.4 Å². The zero-order valence-electron chi connectivity index (χ0n) is 14.3. The quantitative estimate of drug-likeness (QED) is 0.882. The van der Waals surface area contributed by atoms with Crippen LogP contribution in [0.4, 0.5) is 13.9 Å². The summed E-state index contributed by atoms with van der Waals surface area (Å²) in [5.74, 6) is -2.25. The van der Waals surface area contributed by atoms with E-state index in [1.54, 1.807) is 17.2 Å². The zero-order chi connectivity index (χ0) is 18.7. The first-order valence-electron chi connectivity index (χ1n) is 8.47. The third-order valence-electron chi connectivity index (χ3n) is 4.40. The molecular formula is C18H19F2N3O2S. The molecule has 1 saturated heterocycles. The number of piperidine rings is 1. The Bertz CT molecular complexity index is 825. The molecule has 138 valence electrons. The van der Waals surface area contributed by atoms with Gasteiger partial charge in [0.25, 0.3) is 0 Å². The average molecular weight is 379 g/mol. The number of carbonyl (C=O) groups excluding carboxylic acids is 2. The molecule has 3 rings (SSSR count). The van der Waals surface area contributed by atoms with Gasteiger partial charge in [0, 0.05) is 30.5 Å². The molecule has 1 N–H and O–H groups in total. The Balaban J connectivity index is 1.66. The molecule has 0 radical (unpaired) electrons. The Morgan fingerprint density at radius 3 is 2.88 bits per heavy atom. The first kappa shape index (κ1) is 18.4. The molecule has 2 amide bonds. The van der Waals surface area contributed by atoms with Crippen LogP contribution in [0.3, 0.4) is 0 Å². The van der Waals surface area contributed by atoms with Gasteiger partial charge in [-0.2, -0.15) is 0 Å². The van der Waals surface area contributed by atoms with Crippen LogP contribution in [0.2, 0.25) is 0 Å². The lowest BCUT2D eigenvalue weighted by molar-refractivity contribution is -0.134. The molecule has 0 aliphatic carbocycles. The first-order chi connectivity index (χ1) is 12.5. The normalized spacial score (nSPS) is 17.2. The van der Waals surface area contributed by atoms with Crippen molar-refractivity contribution in [3.8, 4) is 11.3 Å². The highest BCUT2D eigenvalue weighted by Gasteiger charge is 2.28. The van der Waals surface area contributed by atoms with Gasteiger partial charge in [0.1, 0.15) is 0 Å². The molecule has 1 aromatic heterocycles. The van der Waals surface area contributed by atoms with Crippen LogP contribution in [0.5, 0.6) is 0 Å². The van der Waals surface area contributed by atoms with Crippen molar-refractivity contribution in [1.29, 1.82) is 0 Å². The Kier molecular flexibility index (Phi) is 5.61. The van der Waals surface area contributed by atoms with Gasteiger partial charge in [0.05, 0.1) is 11.6 Å². The molecule has 8 heteroatoms. The third kappa shape index (κ3) is 4.07. The van der Waals surface area contributed by atoms with Crippen LogP contribution in [-0.4, -0.2) is 34.8 Å². The fourth-order valence-electron chi connectivity index (χ4n) is 2.97. The summed E-state index contributed by atoms with van der Waals surface area (Å²) in [5, 5.41) is 4.84. The Labute approximate surface area is 154 Å². The second kappa shape index (κ2) is 7.90. The zero-order valence-corrected chi connectivity index (χ0v) is 15.1. The Hall–Kier alpha value is -2.35. The van der Waals surface area contributed by atoms with E-state index in [2.05, 4.69) is 10.3 Å². The summed E-state index contributed by atoms with van der Waals surface area (Å²) in [6.07, 6.45) is 1.95. The largest absolute Gasteiger partial charge is 0.342 e. The summed E-state index contributed by atoms with van der Waals surface area (Å²) in [4.78, 5) is 30.3.